The molecule has 0 bridgehead atoms. The maximum atomic E-state index is 10.2. The highest BCUT2D eigenvalue weighted by Crippen LogP contribution is 2.33. The number of phenolic OH excluding ortho intramolecular Hbond substituents is 1. The van der Waals surface area contributed by atoms with Crippen LogP contribution in [0.3, 0.4) is 0 Å². The first kappa shape index (κ1) is 9.85. The number of carboxylic acid groups (broad SMARTS) is 1. The molecule has 0 unspecified atom stereocenters. The van der Waals surface area contributed by atoms with E-state index < -0.39 is 12.6 Å². The normalized spacial score (nSPS) is 9.62. The van der Waals surface area contributed by atoms with Gasteiger partial charge in [0.1, 0.15) is 0 Å². The van der Waals surface area contributed by atoms with Crippen LogP contribution in [0.15, 0.2) is 22.7 Å². The van der Waals surface area contributed by atoms with Crippen molar-refractivity contribution in [3.05, 3.63) is 22.7 Å². The number of carbonyl (C=O) groups is 1. The van der Waals surface area contributed by atoms with Crippen molar-refractivity contribution >= 4 is 21.9 Å². The van der Waals surface area contributed by atoms with E-state index in [0.29, 0.717) is 4.47 Å². The highest BCUT2D eigenvalue weighted by atomic mass is 79.9. The number of ether oxygens (including phenoxy) is 1. The van der Waals surface area contributed by atoms with Gasteiger partial charge in [0.15, 0.2) is 18.1 Å². The van der Waals surface area contributed by atoms with Crippen LogP contribution in [0, 0.1) is 0 Å². The van der Waals surface area contributed by atoms with Crippen molar-refractivity contribution in [3.63, 3.8) is 0 Å². The Balaban J connectivity index is 2.81. The Kier molecular flexibility index (Phi) is 3.13. The molecule has 1 aromatic carbocycles. The lowest BCUT2D eigenvalue weighted by Crippen LogP contribution is -2.09. The lowest BCUT2D eigenvalue weighted by Gasteiger charge is -2.06. The smallest absolute Gasteiger partial charge is 0.341 e. The molecule has 1 aromatic rings. The minimum Gasteiger partial charge on any atom is -0.504 e. The van der Waals surface area contributed by atoms with Crippen molar-refractivity contribution in [2.45, 2.75) is 0 Å². The van der Waals surface area contributed by atoms with Gasteiger partial charge in [-0.25, -0.2) is 4.79 Å². The van der Waals surface area contributed by atoms with Crippen molar-refractivity contribution in [1.82, 2.24) is 0 Å². The lowest BCUT2D eigenvalue weighted by atomic mass is 10.3. The molecule has 0 saturated heterocycles. The summed E-state index contributed by atoms with van der Waals surface area (Å²) in [6.07, 6.45) is 0. The number of aromatic hydroxyl groups is 1. The third-order valence-electron chi connectivity index (χ3n) is 1.29. The Labute approximate surface area is 82.9 Å². The van der Waals surface area contributed by atoms with Crippen LogP contribution in [-0.2, 0) is 4.79 Å². The number of para-hydroxylation sites is 1. The topological polar surface area (TPSA) is 66.8 Å². The summed E-state index contributed by atoms with van der Waals surface area (Å²) < 4.78 is 5.35. The average molecular weight is 247 g/mol. The van der Waals surface area contributed by atoms with Crippen LogP contribution in [0.1, 0.15) is 0 Å². The fourth-order valence-electron chi connectivity index (χ4n) is 0.774. The Bertz CT molecular complexity index is 304. The van der Waals surface area contributed by atoms with E-state index in [1.54, 1.807) is 12.1 Å². The Hall–Kier alpha value is -1.23. The molecule has 0 spiro atoms. The zero-order valence-electron chi connectivity index (χ0n) is 6.53. The summed E-state index contributed by atoms with van der Waals surface area (Å²) in [5.74, 6) is -1.03. The second-order valence-electron chi connectivity index (χ2n) is 2.27. The lowest BCUT2D eigenvalue weighted by molar-refractivity contribution is -0.139. The Morgan fingerprint density at radius 1 is 1.54 bits per heavy atom. The summed E-state index contributed by atoms with van der Waals surface area (Å²) in [4.78, 5) is 10.2. The number of aliphatic carboxylic acids is 1. The standard InChI is InChI=1S/C8H7BrO4/c9-5-2-1-3-6(10)8(5)13-4-7(11)12/h1-3,10H,4H2,(H,11,12). The Morgan fingerprint density at radius 3 is 2.77 bits per heavy atom. The van der Waals surface area contributed by atoms with Gasteiger partial charge >= 0.3 is 5.97 Å². The predicted octanol–water partition coefficient (Wildman–Crippen LogP) is 1.62. The number of hydrogen-bond acceptors (Lipinski definition) is 3. The van der Waals surface area contributed by atoms with E-state index in [2.05, 4.69) is 15.9 Å². The molecular weight excluding hydrogens is 240 g/mol. The largest absolute Gasteiger partial charge is 0.504 e. The van der Waals surface area contributed by atoms with Crippen LogP contribution in [-0.4, -0.2) is 22.8 Å². The quantitative estimate of drug-likeness (QED) is 0.851. The zero-order chi connectivity index (χ0) is 9.84. The summed E-state index contributed by atoms with van der Waals surface area (Å²) in [6, 6.07) is 4.69. The van der Waals surface area contributed by atoms with Crippen LogP contribution in [0.4, 0.5) is 0 Å². The first-order valence-corrected chi connectivity index (χ1v) is 4.22. The van der Waals surface area contributed by atoms with Gasteiger partial charge in [0, 0.05) is 0 Å². The van der Waals surface area contributed by atoms with Crippen LogP contribution in [0.5, 0.6) is 11.5 Å². The van der Waals surface area contributed by atoms with Gasteiger partial charge < -0.3 is 14.9 Å². The number of rotatable bonds is 3. The van der Waals surface area contributed by atoms with Crippen molar-refractivity contribution in [1.29, 1.82) is 0 Å². The molecule has 0 radical (unpaired) electrons. The third-order valence-corrected chi connectivity index (χ3v) is 1.91. The summed E-state index contributed by atoms with van der Waals surface area (Å²) in [6.45, 7) is -0.476. The van der Waals surface area contributed by atoms with E-state index in [4.69, 9.17) is 9.84 Å². The molecule has 4 nitrogen and oxygen atoms in total. The van der Waals surface area contributed by atoms with Crippen LogP contribution in [0.25, 0.3) is 0 Å². The molecule has 0 aromatic heterocycles. The second-order valence-corrected chi connectivity index (χ2v) is 3.12. The molecule has 0 aliphatic rings. The fraction of sp³-hybridized carbons (Fsp3) is 0.125. The van der Waals surface area contributed by atoms with Crippen molar-refractivity contribution in [3.8, 4) is 11.5 Å². The van der Waals surface area contributed by atoms with E-state index in [0.717, 1.165) is 0 Å². The molecule has 0 saturated carbocycles. The van der Waals surface area contributed by atoms with Crippen LogP contribution < -0.4 is 4.74 Å². The SMILES string of the molecule is O=C(O)COc1c(O)cccc1Br. The van der Waals surface area contributed by atoms with Crippen LogP contribution in [0.2, 0.25) is 0 Å². The van der Waals surface area contributed by atoms with Crippen LogP contribution >= 0.6 is 15.9 Å². The average Bonchev–Trinajstić information content (AvgIpc) is 2.03. The summed E-state index contributed by atoms with van der Waals surface area (Å²) in [7, 11) is 0. The predicted molar refractivity (Wildman–Crippen MR) is 48.9 cm³/mol. The minimum absolute atomic E-state index is 0.0874. The van der Waals surface area contributed by atoms with E-state index in [9.17, 15) is 9.90 Å². The summed E-state index contributed by atoms with van der Waals surface area (Å²) in [5, 5.41) is 17.6. The number of hydrogen-bond donors (Lipinski definition) is 2. The minimum atomic E-state index is -1.09. The summed E-state index contributed by atoms with van der Waals surface area (Å²) >= 11 is 3.12. The number of phenols is 1. The zero-order valence-corrected chi connectivity index (χ0v) is 8.11. The van der Waals surface area contributed by atoms with Crippen molar-refractivity contribution in [2.24, 2.45) is 0 Å². The molecule has 0 amide bonds. The number of carboxylic acids is 1. The molecule has 0 aliphatic carbocycles. The van der Waals surface area contributed by atoms with Crippen molar-refractivity contribution in [2.75, 3.05) is 6.61 Å². The van der Waals surface area contributed by atoms with Gasteiger partial charge in [0.25, 0.3) is 0 Å². The molecule has 1 rings (SSSR count). The van der Waals surface area contributed by atoms with E-state index in [1.807, 2.05) is 0 Å². The van der Waals surface area contributed by atoms with Crippen molar-refractivity contribution < 1.29 is 19.7 Å². The van der Waals surface area contributed by atoms with Gasteiger partial charge in [-0.2, -0.15) is 0 Å². The molecule has 2 N–H and O–H groups in total. The number of halogens is 1. The highest BCUT2D eigenvalue weighted by molar-refractivity contribution is 9.10. The van der Waals surface area contributed by atoms with Gasteiger partial charge in [0.2, 0.25) is 0 Å². The molecular formula is C8H7BrO4. The summed E-state index contributed by atoms with van der Waals surface area (Å²) in [5.41, 5.74) is 0. The third kappa shape index (κ3) is 2.62. The fourth-order valence-corrected chi connectivity index (χ4v) is 1.24. The molecule has 0 atom stereocenters. The van der Waals surface area contributed by atoms with Gasteiger partial charge in [0.05, 0.1) is 4.47 Å². The van der Waals surface area contributed by atoms with E-state index in [-0.39, 0.29) is 11.5 Å². The molecule has 13 heavy (non-hydrogen) atoms. The molecule has 70 valence electrons. The highest BCUT2D eigenvalue weighted by Gasteiger charge is 2.08. The molecule has 0 aliphatic heterocycles. The monoisotopic (exact) mass is 246 g/mol. The molecule has 0 heterocycles. The van der Waals surface area contributed by atoms with Gasteiger partial charge in [-0.3, -0.25) is 0 Å². The van der Waals surface area contributed by atoms with Gasteiger partial charge in [-0.15, -0.1) is 0 Å². The Morgan fingerprint density at radius 2 is 2.23 bits per heavy atom. The van der Waals surface area contributed by atoms with Gasteiger partial charge in [-0.1, -0.05) is 6.07 Å². The molecule has 5 heteroatoms. The number of benzene rings is 1. The molecule has 0 fully saturated rings. The second kappa shape index (κ2) is 4.13. The van der Waals surface area contributed by atoms with E-state index in [1.165, 1.54) is 6.07 Å². The van der Waals surface area contributed by atoms with E-state index >= 15 is 0 Å². The maximum absolute atomic E-state index is 10.2. The maximum Gasteiger partial charge on any atom is 0.341 e. The first-order valence-electron chi connectivity index (χ1n) is 3.43. The van der Waals surface area contributed by atoms with Gasteiger partial charge in [-0.05, 0) is 28.1 Å². The first-order chi connectivity index (χ1) is 6.11.